The number of aliphatic hydroxyl groups excluding tert-OH is 1. The van der Waals surface area contributed by atoms with Gasteiger partial charge in [-0.05, 0) is 18.4 Å². The van der Waals surface area contributed by atoms with E-state index in [0.717, 1.165) is 19.2 Å². The second-order valence-electron chi connectivity index (χ2n) is 6.90. The fraction of sp³-hybridized carbons (Fsp3) is 0.611. The fourth-order valence-corrected chi connectivity index (χ4v) is 3.16. The first-order chi connectivity index (χ1) is 11.9. The van der Waals surface area contributed by atoms with E-state index in [2.05, 4.69) is 24.1 Å². The van der Waals surface area contributed by atoms with E-state index in [0.29, 0.717) is 25.4 Å². The van der Waals surface area contributed by atoms with Crippen LogP contribution in [0.25, 0.3) is 0 Å². The van der Waals surface area contributed by atoms with Gasteiger partial charge in [0.1, 0.15) is 11.6 Å². The monoisotopic (exact) mass is 355 g/mol. The molecular weight excluding hydrogens is 328 g/mol. The molecule has 1 aromatic rings. The number of piperazine rings is 1. The Morgan fingerprint density at radius 3 is 2.76 bits per heavy atom. The van der Waals surface area contributed by atoms with Gasteiger partial charge >= 0.3 is 6.03 Å². The van der Waals surface area contributed by atoms with Gasteiger partial charge in [-0.2, -0.15) is 0 Å². The van der Waals surface area contributed by atoms with E-state index in [4.69, 9.17) is 0 Å². The van der Waals surface area contributed by atoms with E-state index in [-0.39, 0.29) is 30.8 Å². The van der Waals surface area contributed by atoms with Crippen LogP contribution in [0.3, 0.4) is 0 Å². The number of hydrogen-bond donors (Lipinski definition) is 2. The molecule has 1 atom stereocenters. The number of benzene rings is 1. The van der Waals surface area contributed by atoms with Gasteiger partial charge in [-0.3, -0.25) is 4.90 Å². The third-order valence-electron chi connectivity index (χ3n) is 4.40. The second kappa shape index (κ2) is 9.10. The Balaban J connectivity index is 1.91. The number of carbonyl (C=O) groups is 1. The van der Waals surface area contributed by atoms with Crippen molar-refractivity contribution < 1.29 is 18.7 Å². The number of hydrogen-bond acceptors (Lipinski definition) is 3. The highest BCUT2D eigenvalue weighted by molar-refractivity contribution is 5.74. The van der Waals surface area contributed by atoms with Crippen LogP contribution in [0, 0.1) is 17.6 Å². The minimum Gasteiger partial charge on any atom is -0.396 e. The van der Waals surface area contributed by atoms with Crippen LogP contribution >= 0.6 is 0 Å². The third-order valence-corrected chi connectivity index (χ3v) is 4.40. The zero-order chi connectivity index (χ0) is 18.4. The summed E-state index contributed by atoms with van der Waals surface area (Å²) in [5, 5.41) is 12.0. The zero-order valence-electron chi connectivity index (χ0n) is 14.8. The van der Waals surface area contributed by atoms with Crippen molar-refractivity contribution in [1.82, 2.24) is 15.1 Å². The number of amides is 2. The Morgan fingerprint density at radius 1 is 1.36 bits per heavy atom. The smallest absolute Gasteiger partial charge is 0.317 e. The number of aliphatic hydroxyl groups is 1. The number of nitrogens with one attached hydrogen (secondary N) is 1. The molecule has 1 saturated heterocycles. The second-order valence-corrected chi connectivity index (χ2v) is 6.90. The molecule has 2 N–H and O–H groups in total. The van der Waals surface area contributed by atoms with Gasteiger partial charge in [-0.25, -0.2) is 13.6 Å². The van der Waals surface area contributed by atoms with Gasteiger partial charge in [0.15, 0.2) is 0 Å². The molecule has 140 valence electrons. The van der Waals surface area contributed by atoms with Gasteiger partial charge < -0.3 is 15.3 Å². The maximum Gasteiger partial charge on any atom is 0.317 e. The van der Waals surface area contributed by atoms with E-state index in [1.165, 1.54) is 12.1 Å². The SMILES string of the molecule is CC(C)CN1CCN(C(=O)NCc2ccc(F)cc2F)CC1CCO. The Labute approximate surface area is 147 Å². The van der Waals surface area contributed by atoms with Crippen molar-refractivity contribution in [3.63, 3.8) is 0 Å². The lowest BCUT2D eigenvalue weighted by Gasteiger charge is -2.42. The van der Waals surface area contributed by atoms with Crippen LogP contribution in [-0.2, 0) is 6.54 Å². The number of halogens is 2. The molecule has 2 rings (SSSR count). The van der Waals surface area contributed by atoms with Crippen molar-refractivity contribution in [3.8, 4) is 0 Å². The van der Waals surface area contributed by atoms with Crippen molar-refractivity contribution >= 4 is 6.03 Å². The van der Waals surface area contributed by atoms with Gasteiger partial charge in [-0.1, -0.05) is 19.9 Å². The molecule has 1 unspecified atom stereocenters. The Hall–Kier alpha value is -1.73. The van der Waals surface area contributed by atoms with Crippen molar-refractivity contribution in [2.45, 2.75) is 32.9 Å². The molecule has 0 aliphatic carbocycles. The quantitative estimate of drug-likeness (QED) is 0.823. The van der Waals surface area contributed by atoms with Gasteiger partial charge in [0.05, 0.1) is 0 Å². The Morgan fingerprint density at radius 2 is 2.12 bits per heavy atom. The molecule has 1 aliphatic heterocycles. The summed E-state index contributed by atoms with van der Waals surface area (Å²) in [6.45, 7) is 7.19. The summed E-state index contributed by atoms with van der Waals surface area (Å²) in [6, 6.07) is 3.17. The lowest BCUT2D eigenvalue weighted by atomic mass is 10.1. The molecule has 0 spiro atoms. The zero-order valence-corrected chi connectivity index (χ0v) is 14.8. The third kappa shape index (κ3) is 5.64. The minimum absolute atomic E-state index is 0.0157. The first kappa shape index (κ1) is 19.6. The first-order valence-corrected chi connectivity index (χ1v) is 8.72. The molecule has 25 heavy (non-hydrogen) atoms. The number of nitrogens with zero attached hydrogens (tertiary/aromatic N) is 2. The van der Waals surface area contributed by atoms with E-state index >= 15 is 0 Å². The van der Waals surface area contributed by atoms with Crippen molar-refractivity contribution in [3.05, 3.63) is 35.4 Å². The predicted molar refractivity (Wildman–Crippen MR) is 92.1 cm³/mol. The number of rotatable bonds is 6. The van der Waals surface area contributed by atoms with Gasteiger partial charge in [0.2, 0.25) is 0 Å². The maximum atomic E-state index is 13.6. The molecule has 7 heteroatoms. The molecule has 1 aromatic carbocycles. The molecule has 0 radical (unpaired) electrons. The molecule has 5 nitrogen and oxygen atoms in total. The highest BCUT2D eigenvalue weighted by atomic mass is 19.1. The van der Waals surface area contributed by atoms with Crippen molar-refractivity contribution in [1.29, 1.82) is 0 Å². The largest absolute Gasteiger partial charge is 0.396 e. The maximum absolute atomic E-state index is 13.6. The summed E-state index contributed by atoms with van der Waals surface area (Å²) < 4.78 is 26.6. The van der Waals surface area contributed by atoms with Gasteiger partial charge in [0, 0.05) is 57.0 Å². The molecule has 2 amide bonds. The normalized spacial score (nSPS) is 18.6. The Bertz CT molecular complexity index is 583. The summed E-state index contributed by atoms with van der Waals surface area (Å²) in [5.74, 6) is -0.788. The van der Waals surface area contributed by atoms with Crippen LogP contribution in [0.15, 0.2) is 18.2 Å². The summed E-state index contributed by atoms with van der Waals surface area (Å²) >= 11 is 0. The Kier molecular flexibility index (Phi) is 7.13. The van der Waals surface area contributed by atoms with E-state index in [9.17, 15) is 18.7 Å². The fourth-order valence-electron chi connectivity index (χ4n) is 3.16. The predicted octanol–water partition coefficient (Wildman–Crippen LogP) is 2.20. The van der Waals surface area contributed by atoms with E-state index < -0.39 is 11.6 Å². The van der Waals surface area contributed by atoms with Crippen molar-refractivity contribution in [2.75, 3.05) is 32.8 Å². The summed E-state index contributed by atoms with van der Waals surface area (Å²) in [7, 11) is 0. The molecule has 0 bridgehead atoms. The summed E-state index contributed by atoms with van der Waals surface area (Å²) in [4.78, 5) is 16.4. The average Bonchev–Trinajstić information content (AvgIpc) is 2.55. The topological polar surface area (TPSA) is 55.8 Å². The summed E-state index contributed by atoms with van der Waals surface area (Å²) in [6.07, 6.45) is 0.614. The van der Waals surface area contributed by atoms with Crippen LogP contribution < -0.4 is 5.32 Å². The van der Waals surface area contributed by atoms with E-state index in [1.807, 2.05) is 0 Å². The standard InChI is InChI=1S/C18H27F2N3O2/c1-13(2)11-22-6-7-23(12-16(22)5-8-24)18(25)21-10-14-3-4-15(19)9-17(14)20/h3-4,9,13,16,24H,5-8,10-12H2,1-2H3,(H,21,25). The lowest BCUT2D eigenvalue weighted by Crippen LogP contribution is -2.57. The van der Waals surface area contributed by atoms with Crippen LogP contribution in [-0.4, -0.2) is 59.8 Å². The highest BCUT2D eigenvalue weighted by Crippen LogP contribution is 2.15. The van der Waals surface area contributed by atoms with Crippen LogP contribution in [0.2, 0.25) is 0 Å². The first-order valence-electron chi connectivity index (χ1n) is 8.72. The minimum atomic E-state index is -0.666. The molecule has 1 aliphatic rings. The molecule has 0 aromatic heterocycles. The van der Waals surface area contributed by atoms with E-state index in [1.54, 1.807) is 4.90 Å². The van der Waals surface area contributed by atoms with Gasteiger partial charge in [0.25, 0.3) is 0 Å². The number of carbonyl (C=O) groups excluding carboxylic acids is 1. The molecule has 1 fully saturated rings. The van der Waals surface area contributed by atoms with Crippen LogP contribution in [0.4, 0.5) is 13.6 Å². The molecular formula is C18H27F2N3O2. The van der Waals surface area contributed by atoms with Crippen LogP contribution in [0.1, 0.15) is 25.8 Å². The highest BCUT2D eigenvalue weighted by Gasteiger charge is 2.29. The van der Waals surface area contributed by atoms with Crippen LogP contribution in [0.5, 0.6) is 0 Å². The number of urea groups is 1. The molecule has 1 heterocycles. The summed E-state index contributed by atoms with van der Waals surface area (Å²) in [5.41, 5.74) is 0.250. The van der Waals surface area contributed by atoms with Gasteiger partial charge in [-0.15, -0.1) is 0 Å². The average molecular weight is 355 g/mol. The lowest BCUT2D eigenvalue weighted by molar-refractivity contribution is 0.0654. The van der Waals surface area contributed by atoms with Crippen molar-refractivity contribution in [2.24, 2.45) is 5.92 Å². The molecule has 0 saturated carbocycles.